The Labute approximate surface area is 192 Å². The Balaban J connectivity index is 1.84. The number of aromatic nitrogens is 1. The fourth-order valence-corrected chi connectivity index (χ4v) is 4.37. The van der Waals surface area contributed by atoms with Crippen molar-refractivity contribution >= 4 is 22.1 Å². The molecule has 1 heterocycles. The van der Waals surface area contributed by atoms with E-state index in [1.807, 2.05) is 6.07 Å². The average Bonchev–Trinajstić information content (AvgIpc) is 2.84. The average molecular weight is 469 g/mol. The second kappa shape index (κ2) is 11.2. The molecule has 0 fully saturated rings. The van der Waals surface area contributed by atoms with E-state index in [4.69, 9.17) is 9.47 Å². The molecule has 172 valence electrons. The van der Waals surface area contributed by atoms with Crippen LogP contribution in [0, 0.1) is 0 Å². The van der Waals surface area contributed by atoms with Gasteiger partial charge < -0.3 is 9.47 Å². The molecule has 3 rings (SSSR count). The van der Waals surface area contributed by atoms with E-state index in [1.165, 1.54) is 38.6 Å². The number of amides is 1. The number of sulfonamides is 1. The molecule has 10 heteroatoms. The molecule has 9 nitrogen and oxygen atoms in total. The normalized spacial score (nSPS) is 11.5. The Morgan fingerprint density at radius 2 is 1.82 bits per heavy atom. The third-order valence-electron chi connectivity index (χ3n) is 4.60. The molecule has 1 N–H and O–H groups in total. The monoisotopic (exact) mass is 468 g/mol. The summed E-state index contributed by atoms with van der Waals surface area (Å²) in [6.45, 7) is -0.437. The number of ether oxygens (including phenoxy) is 2. The van der Waals surface area contributed by atoms with E-state index in [9.17, 15) is 13.2 Å². The zero-order valence-electron chi connectivity index (χ0n) is 18.2. The second-order valence-electron chi connectivity index (χ2n) is 6.86. The number of methoxy groups -OCH3 is 2. The van der Waals surface area contributed by atoms with Crippen molar-refractivity contribution in [2.24, 2.45) is 5.10 Å². The summed E-state index contributed by atoms with van der Waals surface area (Å²) in [6.07, 6.45) is 4.63. The van der Waals surface area contributed by atoms with E-state index in [0.717, 1.165) is 9.87 Å². The van der Waals surface area contributed by atoms with Gasteiger partial charge in [-0.05, 0) is 23.8 Å². The van der Waals surface area contributed by atoms with Gasteiger partial charge in [0, 0.05) is 30.6 Å². The standard InChI is InChI=1S/C23H24N4O5S/c1-31-21-11-10-20(13-22(21)32-2)33(29,30)27(16-18-7-4-3-5-8-18)17-23(28)26-25-15-19-9-6-12-24-14-19/h3-15H,16-17H2,1-2H3,(H,26,28). The van der Waals surface area contributed by atoms with Crippen molar-refractivity contribution in [3.05, 3.63) is 84.2 Å². The third kappa shape index (κ3) is 6.37. The molecule has 2 aromatic carbocycles. The fraction of sp³-hybridized carbons (Fsp3) is 0.174. The number of rotatable bonds is 10. The molecule has 33 heavy (non-hydrogen) atoms. The minimum absolute atomic E-state index is 0.00272. The quantitative estimate of drug-likeness (QED) is 0.362. The van der Waals surface area contributed by atoms with Crippen molar-refractivity contribution in [3.8, 4) is 11.5 Å². The van der Waals surface area contributed by atoms with Crippen molar-refractivity contribution in [1.29, 1.82) is 0 Å². The van der Waals surface area contributed by atoms with Crippen LogP contribution in [-0.4, -0.2) is 50.6 Å². The van der Waals surface area contributed by atoms with Crippen LogP contribution in [-0.2, 0) is 21.4 Å². The molecular weight excluding hydrogens is 444 g/mol. The first-order valence-corrected chi connectivity index (χ1v) is 11.4. The highest BCUT2D eigenvalue weighted by Gasteiger charge is 2.28. The second-order valence-corrected chi connectivity index (χ2v) is 8.79. The van der Waals surface area contributed by atoms with Gasteiger partial charge in [0.15, 0.2) is 11.5 Å². The SMILES string of the molecule is COc1ccc(S(=O)(=O)N(CC(=O)NN=Cc2cccnc2)Cc2ccccc2)cc1OC. The predicted octanol–water partition coefficient (Wildman–Crippen LogP) is 2.44. The van der Waals surface area contributed by atoms with Crippen LogP contribution in [0.1, 0.15) is 11.1 Å². The molecule has 1 aromatic heterocycles. The summed E-state index contributed by atoms with van der Waals surface area (Å²) in [5.74, 6) is 0.0763. The Bertz CT molecular complexity index is 1200. The molecule has 1 amide bonds. The number of pyridine rings is 1. The van der Waals surface area contributed by atoms with Gasteiger partial charge in [-0.2, -0.15) is 9.41 Å². The van der Waals surface area contributed by atoms with Crippen molar-refractivity contribution in [2.75, 3.05) is 20.8 Å². The Morgan fingerprint density at radius 3 is 2.48 bits per heavy atom. The summed E-state index contributed by atoms with van der Waals surface area (Å²) in [5.41, 5.74) is 3.79. The highest BCUT2D eigenvalue weighted by atomic mass is 32.2. The van der Waals surface area contributed by atoms with Crippen molar-refractivity contribution in [1.82, 2.24) is 14.7 Å². The molecular formula is C23H24N4O5S. The molecule has 0 atom stereocenters. The molecule has 0 saturated heterocycles. The fourth-order valence-electron chi connectivity index (χ4n) is 2.97. The molecule has 0 aliphatic rings. The lowest BCUT2D eigenvalue weighted by atomic mass is 10.2. The Kier molecular flexibility index (Phi) is 8.11. The predicted molar refractivity (Wildman–Crippen MR) is 124 cm³/mol. The minimum Gasteiger partial charge on any atom is -0.493 e. The molecule has 0 spiro atoms. The molecule has 0 bridgehead atoms. The van der Waals surface area contributed by atoms with Gasteiger partial charge in [0.05, 0.1) is 31.9 Å². The number of benzene rings is 2. The number of nitrogens with one attached hydrogen (secondary N) is 1. The zero-order chi connectivity index (χ0) is 23.7. The van der Waals surface area contributed by atoms with Crippen LogP contribution in [0.4, 0.5) is 0 Å². The van der Waals surface area contributed by atoms with Crippen LogP contribution >= 0.6 is 0 Å². The van der Waals surface area contributed by atoms with Crippen LogP contribution in [0.2, 0.25) is 0 Å². The van der Waals surface area contributed by atoms with Crippen LogP contribution in [0.15, 0.2) is 83.1 Å². The summed E-state index contributed by atoms with van der Waals surface area (Å²) < 4.78 is 38.4. The van der Waals surface area contributed by atoms with Gasteiger partial charge in [-0.15, -0.1) is 0 Å². The molecule has 0 unspecified atom stereocenters. The first-order valence-electron chi connectivity index (χ1n) is 9.92. The summed E-state index contributed by atoms with van der Waals surface area (Å²) in [7, 11) is -1.17. The van der Waals surface area contributed by atoms with Gasteiger partial charge in [-0.1, -0.05) is 36.4 Å². The Hall–Kier alpha value is -3.76. The van der Waals surface area contributed by atoms with Gasteiger partial charge in [-0.25, -0.2) is 13.8 Å². The van der Waals surface area contributed by atoms with Crippen LogP contribution in [0.5, 0.6) is 11.5 Å². The first-order chi connectivity index (χ1) is 15.9. The largest absolute Gasteiger partial charge is 0.493 e. The maximum absolute atomic E-state index is 13.4. The zero-order valence-corrected chi connectivity index (χ0v) is 19.0. The van der Waals surface area contributed by atoms with E-state index >= 15 is 0 Å². The van der Waals surface area contributed by atoms with Gasteiger partial charge in [0.25, 0.3) is 5.91 Å². The van der Waals surface area contributed by atoms with E-state index < -0.39 is 22.5 Å². The number of hydrazone groups is 1. The number of nitrogens with zero attached hydrogens (tertiary/aromatic N) is 3. The van der Waals surface area contributed by atoms with Crippen LogP contribution < -0.4 is 14.9 Å². The van der Waals surface area contributed by atoms with Gasteiger partial charge >= 0.3 is 0 Å². The van der Waals surface area contributed by atoms with Gasteiger partial charge in [-0.3, -0.25) is 9.78 Å². The van der Waals surface area contributed by atoms with Crippen molar-refractivity contribution in [3.63, 3.8) is 0 Å². The number of hydrogen-bond acceptors (Lipinski definition) is 7. The maximum atomic E-state index is 13.4. The summed E-state index contributed by atoms with van der Waals surface area (Å²) in [4.78, 5) is 16.5. The van der Waals surface area contributed by atoms with Crippen LogP contribution in [0.3, 0.4) is 0 Å². The first kappa shape index (κ1) is 23.9. The summed E-state index contributed by atoms with van der Waals surface area (Å²) >= 11 is 0. The molecule has 0 aliphatic carbocycles. The van der Waals surface area contributed by atoms with E-state index in [2.05, 4.69) is 15.5 Å². The highest BCUT2D eigenvalue weighted by molar-refractivity contribution is 7.89. The molecule has 3 aromatic rings. The summed E-state index contributed by atoms with van der Waals surface area (Å²) in [6, 6.07) is 16.8. The molecule has 0 saturated carbocycles. The van der Waals surface area contributed by atoms with E-state index in [-0.39, 0.29) is 17.2 Å². The van der Waals surface area contributed by atoms with Crippen LogP contribution in [0.25, 0.3) is 0 Å². The smallest absolute Gasteiger partial charge is 0.255 e. The lowest BCUT2D eigenvalue weighted by Crippen LogP contribution is -2.39. The van der Waals surface area contributed by atoms with Crippen molar-refractivity contribution < 1.29 is 22.7 Å². The maximum Gasteiger partial charge on any atom is 0.255 e. The van der Waals surface area contributed by atoms with Gasteiger partial charge in [0.2, 0.25) is 10.0 Å². The number of hydrogen-bond donors (Lipinski definition) is 1. The molecule has 0 radical (unpaired) electrons. The third-order valence-corrected chi connectivity index (χ3v) is 6.39. The highest BCUT2D eigenvalue weighted by Crippen LogP contribution is 2.31. The lowest BCUT2D eigenvalue weighted by molar-refractivity contribution is -0.121. The van der Waals surface area contributed by atoms with Crippen molar-refractivity contribution in [2.45, 2.75) is 11.4 Å². The molecule has 0 aliphatic heterocycles. The number of carbonyl (C=O) groups excluding carboxylic acids is 1. The minimum atomic E-state index is -4.05. The lowest BCUT2D eigenvalue weighted by Gasteiger charge is -2.22. The number of carbonyl (C=O) groups is 1. The topological polar surface area (TPSA) is 110 Å². The van der Waals surface area contributed by atoms with E-state index in [1.54, 1.807) is 48.8 Å². The summed E-state index contributed by atoms with van der Waals surface area (Å²) in [5, 5.41) is 3.88. The van der Waals surface area contributed by atoms with Gasteiger partial charge in [0.1, 0.15) is 0 Å². The Morgan fingerprint density at radius 1 is 1.06 bits per heavy atom. The van der Waals surface area contributed by atoms with E-state index in [0.29, 0.717) is 11.3 Å².